The summed E-state index contributed by atoms with van der Waals surface area (Å²) in [4.78, 5) is 21.8. The summed E-state index contributed by atoms with van der Waals surface area (Å²) in [6, 6.07) is 9.06. The molecule has 0 aliphatic rings. The number of alkyl carbamates (subject to hydrolysis) is 1. The number of aromatic nitrogens is 1. The Bertz CT molecular complexity index is 810. The predicted octanol–water partition coefficient (Wildman–Crippen LogP) is 4.07. The van der Waals surface area contributed by atoms with Crippen LogP contribution in [0.1, 0.15) is 46.7 Å². The van der Waals surface area contributed by atoms with E-state index in [9.17, 15) is 4.79 Å². The summed E-state index contributed by atoms with van der Waals surface area (Å²) in [5.41, 5.74) is 6.91. The molecule has 1 unspecified atom stereocenters. The highest BCUT2D eigenvalue weighted by atomic mass is 16.6. The zero-order valence-corrected chi connectivity index (χ0v) is 17.6. The maximum Gasteiger partial charge on any atom is 0.408 e. The third-order valence-electron chi connectivity index (χ3n) is 3.71. The molecule has 0 aliphatic heterocycles. The topological polar surface area (TPSA) is 112 Å². The molecule has 1 amide bonds. The van der Waals surface area contributed by atoms with E-state index in [2.05, 4.69) is 15.5 Å². The van der Waals surface area contributed by atoms with E-state index in [1.54, 1.807) is 20.8 Å². The van der Waals surface area contributed by atoms with Gasteiger partial charge in [0.25, 0.3) is 0 Å². The first-order valence-electron chi connectivity index (χ1n) is 9.58. The number of ether oxygens (including phenoxy) is 1. The van der Waals surface area contributed by atoms with Gasteiger partial charge < -0.3 is 25.0 Å². The molecule has 3 N–H and O–H groups in total. The van der Waals surface area contributed by atoms with E-state index in [-0.39, 0.29) is 18.4 Å². The van der Waals surface area contributed by atoms with Gasteiger partial charge in [-0.05, 0) is 45.2 Å². The fourth-order valence-corrected chi connectivity index (χ4v) is 2.50. The highest BCUT2D eigenvalue weighted by Gasteiger charge is 2.23. The molecule has 0 spiro atoms. The quantitative estimate of drug-likeness (QED) is 0.391. The number of oxime groups is 1. The molecule has 0 aliphatic carbocycles. The molecule has 2 aromatic rings. The van der Waals surface area contributed by atoms with Gasteiger partial charge in [-0.1, -0.05) is 37.2 Å². The molecule has 8 heteroatoms. The van der Waals surface area contributed by atoms with E-state index in [1.807, 2.05) is 44.2 Å². The van der Waals surface area contributed by atoms with E-state index < -0.39 is 17.7 Å². The number of hydrogen-bond acceptors (Lipinski definition) is 6. The predicted molar refractivity (Wildman–Crippen MR) is 111 cm³/mol. The second-order valence-corrected chi connectivity index (χ2v) is 8.13. The number of rotatable bonds is 8. The van der Waals surface area contributed by atoms with Crippen LogP contribution in [0.25, 0.3) is 11.5 Å². The van der Waals surface area contributed by atoms with E-state index >= 15 is 0 Å². The summed E-state index contributed by atoms with van der Waals surface area (Å²) in [5.74, 6) is 0.953. The summed E-state index contributed by atoms with van der Waals surface area (Å²) in [6.07, 6.45) is 1.56. The molecule has 0 radical (unpaired) electrons. The maximum absolute atomic E-state index is 12.1. The highest BCUT2D eigenvalue weighted by Crippen LogP contribution is 2.18. The number of nitrogens with zero attached hydrogens (tertiary/aromatic N) is 2. The normalized spacial score (nSPS) is 13.2. The Morgan fingerprint density at radius 3 is 2.59 bits per heavy atom. The van der Waals surface area contributed by atoms with E-state index in [4.69, 9.17) is 19.7 Å². The summed E-state index contributed by atoms with van der Waals surface area (Å²) >= 11 is 0. The van der Waals surface area contributed by atoms with E-state index in [0.717, 1.165) is 5.56 Å². The number of carbonyl (C=O) groups excluding carboxylic acids is 1. The van der Waals surface area contributed by atoms with Crippen LogP contribution in [-0.2, 0) is 16.2 Å². The second-order valence-electron chi connectivity index (χ2n) is 8.13. The van der Waals surface area contributed by atoms with Crippen molar-refractivity contribution < 1.29 is 18.8 Å². The minimum absolute atomic E-state index is 0.0951. The minimum atomic E-state index is -0.599. The summed E-state index contributed by atoms with van der Waals surface area (Å²) in [6.45, 7) is 9.54. The van der Waals surface area contributed by atoms with Crippen LogP contribution >= 0.6 is 0 Å². The van der Waals surface area contributed by atoms with Crippen LogP contribution in [0.2, 0.25) is 0 Å². The molecule has 1 atom stereocenters. The Hall–Kier alpha value is -3.03. The van der Waals surface area contributed by atoms with Gasteiger partial charge in [0.15, 0.2) is 12.4 Å². The zero-order valence-electron chi connectivity index (χ0n) is 17.6. The fraction of sp³-hybridized carbons (Fsp3) is 0.476. The number of oxazole rings is 1. The Morgan fingerprint density at radius 1 is 1.28 bits per heavy atom. The largest absolute Gasteiger partial charge is 0.444 e. The number of benzene rings is 1. The lowest BCUT2D eigenvalue weighted by molar-refractivity contribution is 0.0512. The third-order valence-corrected chi connectivity index (χ3v) is 3.71. The van der Waals surface area contributed by atoms with Gasteiger partial charge in [-0.25, -0.2) is 9.78 Å². The lowest BCUT2D eigenvalue weighted by Gasteiger charge is -2.24. The van der Waals surface area contributed by atoms with Crippen molar-refractivity contribution in [3.05, 3.63) is 42.3 Å². The van der Waals surface area contributed by atoms with Crippen LogP contribution in [0, 0.1) is 5.92 Å². The molecular formula is C21H30N4O4. The maximum atomic E-state index is 12.1. The van der Waals surface area contributed by atoms with Gasteiger partial charge in [0.05, 0.1) is 6.04 Å². The first kappa shape index (κ1) is 22.3. The van der Waals surface area contributed by atoms with Crippen molar-refractivity contribution in [3.8, 4) is 11.5 Å². The van der Waals surface area contributed by atoms with Gasteiger partial charge in [0.1, 0.15) is 17.6 Å². The van der Waals surface area contributed by atoms with Crippen LogP contribution in [0.4, 0.5) is 4.79 Å². The molecule has 0 bridgehead atoms. The van der Waals surface area contributed by atoms with Crippen molar-refractivity contribution in [2.75, 3.05) is 0 Å². The molecule has 2 rings (SSSR count). The summed E-state index contributed by atoms with van der Waals surface area (Å²) in [7, 11) is 0. The van der Waals surface area contributed by atoms with Crippen molar-refractivity contribution >= 4 is 11.9 Å². The molecule has 158 valence electrons. The average Bonchev–Trinajstić information content (AvgIpc) is 3.09. The third kappa shape index (κ3) is 7.85. The molecule has 0 fully saturated rings. The monoisotopic (exact) mass is 402 g/mol. The van der Waals surface area contributed by atoms with Gasteiger partial charge in [-0.15, -0.1) is 0 Å². The molecule has 1 aromatic carbocycles. The van der Waals surface area contributed by atoms with E-state index in [0.29, 0.717) is 18.0 Å². The molecule has 8 nitrogen and oxygen atoms in total. The average molecular weight is 402 g/mol. The van der Waals surface area contributed by atoms with Crippen LogP contribution < -0.4 is 11.1 Å². The number of nitrogens with two attached hydrogens (primary N) is 1. The minimum Gasteiger partial charge on any atom is -0.444 e. The van der Waals surface area contributed by atoms with Gasteiger partial charge in [0.2, 0.25) is 5.89 Å². The van der Waals surface area contributed by atoms with Crippen LogP contribution in [0.15, 0.2) is 46.2 Å². The van der Waals surface area contributed by atoms with Crippen molar-refractivity contribution in [1.82, 2.24) is 10.3 Å². The lowest BCUT2D eigenvalue weighted by atomic mass is 10.0. The first-order valence-corrected chi connectivity index (χ1v) is 9.58. The molecule has 1 aromatic heterocycles. The van der Waals surface area contributed by atoms with Crippen LogP contribution in [-0.4, -0.2) is 28.6 Å². The Kier molecular flexibility index (Phi) is 7.64. The van der Waals surface area contributed by atoms with Crippen molar-refractivity contribution in [3.63, 3.8) is 0 Å². The molecule has 0 saturated carbocycles. The van der Waals surface area contributed by atoms with Gasteiger partial charge in [0, 0.05) is 5.56 Å². The van der Waals surface area contributed by atoms with Crippen molar-refractivity contribution in [2.45, 2.75) is 59.3 Å². The standard InChI is InChI=1S/C21H30N4O4/c1-14(2)11-17(24-20(26)29-21(3,4)5)18(22)25-28-13-16-12-27-19(23-16)15-9-7-6-8-10-15/h6-10,12,14,17H,11,13H2,1-5H3,(H2,22,25)(H,24,26). The van der Waals surface area contributed by atoms with Gasteiger partial charge in [-0.2, -0.15) is 0 Å². The SMILES string of the molecule is CC(C)CC(NC(=O)OC(C)(C)C)/C(N)=N/OCc1coc(-c2ccccc2)n1. The summed E-state index contributed by atoms with van der Waals surface area (Å²) < 4.78 is 10.8. The number of amides is 1. The van der Waals surface area contributed by atoms with Crippen LogP contribution in [0.5, 0.6) is 0 Å². The van der Waals surface area contributed by atoms with Gasteiger partial charge in [-0.3, -0.25) is 0 Å². The fourth-order valence-electron chi connectivity index (χ4n) is 2.50. The van der Waals surface area contributed by atoms with E-state index in [1.165, 1.54) is 6.26 Å². The Labute approximate surface area is 171 Å². The lowest BCUT2D eigenvalue weighted by Crippen LogP contribution is -2.47. The van der Waals surface area contributed by atoms with Crippen molar-refractivity contribution in [1.29, 1.82) is 0 Å². The first-order chi connectivity index (χ1) is 13.6. The Balaban J connectivity index is 1.96. The number of amidine groups is 1. The molecule has 1 heterocycles. The molecule has 29 heavy (non-hydrogen) atoms. The zero-order chi connectivity index (χ0) is 21.4. The highest BCUT2D eigenvalue weighted by molar-refractivity contribution is 5.88. The van der Waals surface area contributed by atoms with Crippen molar-refractivity contribution in [2.24, 2.45) is 16.8 Å². The number of nitrogens with one attached hydrogen (secondary N) is 1. The van der Waals surface area contributed by atoms with Crippen LogP contribution in [0.3, 0.4) is 0 Å². The molecule has 0 saturated heterocycles. The number of carbonyl (C=O) groups is 1. The second kappa shape index (κ2) is 9.95. The number of hydrogen-bond donors (Lipinski definition) is 2. The smallest absolute Gasteiger partial charge is 0.408 e. The Morgan fingerprint density at radius 2 is 1.97 bits per heavy atom. The van der Waals surface area contributed by atoms with Gasteiger partial charge >= 0.3 is 6.09 Å². The summed E-state index contributed by atoms with van der Waals surface area (Å²) in [5, 5.41) is 6.69. The molecular weight excluding hydrogens is 372 g/mol.